The molecular weight excluding hydrogens is 388 g/mol. The highest BCUT2D eigenvalue weighted by molar-refractivity contribution is 5.83. The Morgan fingerprint density at radius 2 is 1.94 bits per heavy atom. The summed E-state index contributed by atoms with van der Waals surface area (Å²) < 4.78 is 0. The quantitative estimate of drug-likeness (QED) is 0.808. The van der Waals surface area contributed by atoms with E-state index in [1.807, 2.05) is 47.2 Å². The second-order valence-corrected chi connectivity index (χ2v) is 8.53. The Labute approximate surface area is 184 Å². The first-order valence-corrected chi connectivity index (χ1v) is 11.4. The zero-order valence-electron chi connectivity index (χ0n) is 18.3. The summed E-state index contributed by atoms with van der Waals surface area (Å²) in [7, 11) is 0. The number of piperidine rings is 1. The molecule has 6 heteroatoms. The third-order valence-electron chi connectivity index (χ3n) is 6.58. The zero-order chi connectivity index (χ0) is 21.6. The molecule has 3 heterocycles. The van der Waals surface area contributed by atoms with Gasteiger partial charge in [-0.05, 0) is 56.5 Å². The van der Waals surface area contributed by atoms with Crippen LogP contribution in [0.15, 0.2) is 48.8 Å². The van der Waals surface area contributed by atoms with E-state index in [1.54, 1.807) is 6.20 Å². The van der Waals surface area contributed by atoms with Gasteiger partial charge in [-0.25, -0.2) is 0 Å². The van der Waals surface area contributed by atoms with Crippen LogP contribution in [0.5, 0.6) is 0 Å². The molecule has 0 radical (unpaired) electrons. The molecule has 1 aromatic heterocycles. The summed E-state index contributed by atoms with van der Waals surface area (Å²) >= 11 is 0. The number of hydrogen-bond acceptors (Lipinski definition) is 4. The van der Waals surface area contributed by atoms with Crippen molar-refractivity contribution < 1.29 is 9.59 Å². The van der Waals surface area contributed by atoms with E-state index in [0.717, 1.165) is 42.6 Å². The van der Waals surface area contributed by atoms with Gasteiger partial charge in [0.1, 0.15) is 0 Å². The number of rotatable bonds is 5. The predicted octanol–water partition coefficient (Wildman–Crippen LogP) is 2.60. The SMILES string of the molecule is CCN1CCN(C(=O)C2CCNCC2)C[C@@H](Cc2ccccc2-c2cccnc2)C1=O. The van der Waals surface area contributed by atoms with E-state index in [0.29, 0.717) is 32.6 Å². The fourth-order valence-electron chi connectivity index (χ4n) is 4.81. The Hall–Kier alpha value is -2.73. The fraction of sp³-hybridized carbons (Fsp3) is 0.480. The van der Waals surface area contributed by atoms with Crippen LogP contribution < -0.4 is 5.32 Å². The number of amides is 2. The van der Waals surface area contributed by atoms with Gasteiger partial charge in [-0.2, -0.15) is 0 Å². The lowest BCUT2D eigenvalue weighted by Crippen LogP contribution is -2.43. The van der Waals surface area contributed by atoms with E-state index < -0.39 is 0 Å². The molecule has 0 spiro atoms. The van der Waals surface area contributed by atoms with Gasteiger partial charge in [0.25, 0.3) is 0 Å². The Morgan fingerprint density at radius 1 is 1.13 bits per heavy atom. The Morgan fingerprint density at radius 3 is 2.68 bits per heavy atom. The number of nitrogens with zero attached hydrogens (tertiary/aromatic N) is 3. The minimum atomic E-state index is -0.231. The summed E-state index contributed by atoms with van der Waals surface area (Å²) in [4.78, 5) is 34.7. The van der Waals surface area contributed by atoms with Crippen LogP contribution in [-0.4, -0.2) is 65.9 Å². The van der Waals surface area contributed by atoms with E-state index in [-0.39, 0.29) is 23.7 Å². The number of hydrogen-bond donors (Lipinski definition) is 1. The average molecular weight is 421 g/mol. The molecular formula is C25H32N4O2. The van der Waals surface area contributed by atoms with E-state index in [2.05, 4.69) is 22.4 Å². The van der Waals surface area contributed by atoms with Gasteiger partial charge in [-0.3, -0.25) is 14.6 Å². The zero-order valence-corrected chi connectivity index (χ0v) is 18.3. The van der Waals surface area contributed by atoms with Gasteiger partial charge in [0.2, 0.25) is 11.8 Å². The number of carbonyl (C=O) groups is 2. The predicted molar refractivity (Wildman–Crippen MR) is 121 cm³/mol. The minimum absolute atomic E-state index is 0.0767. The number of carbonyl (C=O) groups excluding carboxylic acids is 2. The van der Waals surface area contributed by atoms with Crippen molar-refractivity contribution in [3.63, 3.8) is 0 Å². The van der Waals surface area contributed by atoms with Crippen molar-refractivity contribution in [1.29, 1.82) is 0 Å². The highest BCUT2D eigenvalue weighted by Crippen LogP contribution is 2.27. The monoisotopic (exact) mass is 420 g/mol. The molecule has 6 nitrogen and oxygen atoms in total. The summed E-state index contributed by atoms with van der Waals surface area (Å²) in [6.07, 6.45) is 6.02. The summed E-state index contributed by atoms with van der Waals surface area (Å²) in [6.45, 7) is 6.23. The Bertz CT molecular complexity index is 895. The van der Waals surface area contributed by atoms with E-state index >= 15 is 0 Å². The maximum Gasteiger partial charge on any atom is 0.227 e. The first-order valence-electron chi connectivity index (χ1n) is 11.4. The van der Waals surface area contributed by atoms with Crippen LogP contribution in [0.2, 0.25) is 0 Å². The molecule has 0 saturated carbocycles. The molecule has 1 atom stereocenters. The van der Waals surface area contributed by atoms with Crippen LogP contribution in [-0.2, 0) is 16.0 Å². The van der Waals surface area contributed by atoms with E-state index in [1.165, 1.54) is 0 Å². The second kappa shape index (κ2) is 10.1. The third kappa shape index (κ3) is 4.96. The first-order chi connectivity index (χ1) is 15.2. The standard InChI is InChI=1S/C25H32N4O2/c1-2-28-14-15-29(24(30)19-9-12-26-13-10-19)18-22(25(28)31)16-20-6-3-4-8-23(20)21-7-5-11-27-17-21/h3-8,11,17,19,22,26H,2,9-10,12-16,18H2,1H3/t22-/m1/s1. The van der Waals surface area contributed by atoms with Crippen LogP contribution >= 0.6 is 0 Å². The second-order valence-electron chi connectivity index (χ2n) is 8.53. The van der Waals surface area contributed by atoms with Crippen LogP contribution in [0, 0.1) is 11.8 Å². The Balaban J connectivity index is 1.58. The molecule has 31 heavy (non-hydrogen) atoms. The highest BCUT2D eigenvalue weighted by atomic mass is 16.2. The molecule has 2 aromatic rings. The molecule has 1 aromatic carbocycles. The lowest BCUT2D eigenvalue weighted by atomic mass is 9.91. The van der Waals surface area contributed by atoms with Gasteiger partial charge in [0.15, 0.2) is 0 Å². The number of nitrogens with one attached hydrogen (secondary N) is 1. The normalized spacial score (nSPS) is 20.5. The van der Waals surface area contributed by atoms with Crippen molar-refractivity contribution in [3.05, 3.63) is 54.4 Å². The number of aromatic nitrogens is 1. The lowest BCUT2D eigenvalue weighted by Gasteiger charge is -2.30. The maximum atomic E-state index is 13.3. The summed E-state index contributed by atoms with van der Waals surface area (Å²) in [5, 5.41) is 3.33. The molecule has 2 fully saturated rings. The summed E-state index contributed by atoms with van der Waals surface area (Å²) in [6, 6.07) is 12.2. The van der Waals surface area contributed by atoms with Crippen LogP contribution in [0.1, 0.15) is 25.3 Å². The molecule has 0 aliphatic carbocycles. The van der Waals surface area contributed by atoms with E-state index in [9.17, 15) is 9.59 Å². The molecule has 1 N–H and O–H groups in total. The Kier molecular flexibility index (Phi) is 6.97. The lowest BCUT2D eigenvalue weighted by molar-refractivity contribution is -0.137. The molecule has 4 rings (SSSR count). The van der Waals surface area contributed by atoms with Gasteiger partial charge < -0.3 is 15.1 Å². The number of likely N-dealkylation sites (N-methyl/N-ethyl adjacent to an activating group) is 1. The molecule has 164 valence electrons. The van der Waals surface area contributed by atoms with Crippen molar-refractivity contribution in [1.82, 2.24) is 20.1 Å². The maximum absolute atomic E-state index is 13.3. The van der Waals surface area contributed by atoms with Crippen LogP contribution in [0.4, 0.5) is 0 Å². The largest absolute Gasteiger partial charge is 0.341 e. The molecule has 2 saturated heterocycles. The van der Waals surface area contributed by atoms with Crippen molar-refractivity contribution in [2.45, 2.75) is 26.2 Å². The number of benzene rings is 1. The number of pyridine rings is 1. The van der Waals surface area contributed by atoms with E-state index in [4.69, 9.17) is 0 Å². The van der Waals surface area contributed by atoms with Gasteiger partial charge in [0.05, 0.1) is 5.92 Å². The molecule has 2 aliphatic heterocycles. The molecule has 2 amide bonds. The summed E-state index contributed by atoms with van der Waals surface area (Å²) in [5.41, 5.74) is 3.28. The van der Waals surface area contributed by atoms with Crippen molar-refractivity contribution in [3.8, 4) is 11.1 Å². The van der Waals surface area contributed by atoms with Crippen LogP contribution in [0.3, 0.4) is 0 Å². The summed E-state index contributed by atoms with van der Waals surface area (Å²) in [5.74, 6) is 0.223. The third-order valence-corrected chi connectivity index (χ3v) is 6.58. The van der Waals surface area contributed by atoms with Crippen molar-refractivity contribution in [2.24, 2.45) is 11.8 Å². The van der Waals surface area contributed by atoms with Gasteiger partial charge >= 0.3 is 0 Å². The van der Waals surface area contributed by atoms with Crippen molar-refractivity contribution in [2.75, 3.05) is 39.3 Å². The topological polar surface area (TPSA) is 65.5 Å². The fourth-order valence-corrected chi connectivity index (χ4v) is 4.81. The minimum Gasteiger partial charge on any atom is -0.341 e. The van der Waals surface area contributed by atoms with Gasteiger partial charge in [-0.1, -0.05) is 30.3 Å². The molecule has 0 bridgehead atoms. The van der Waals surface area contributed by atoms with Crippen molar-refractivity contribution >= 4 is 11.8 Å². The highest BCUT2D eigenvalue weighted by Gasteiger charge is 2.34. The first kappa shape index (κ1) is 21.5. The van der Waals surface area contributed by atoms with Crippen LogP contribution in [0.25, 0.3) is 11.1 Å². The van der Waals surface area contributed by atoms with Gasteiger partial charge in [-0.15, -0.1) is 0 Å². The molecule has 0 unspecified atom stereocenters. The smallest absolute Gasteiger partial charge is 0.227 e. The molecule has 2 aliphatic rings. The average Bonchev–Trinajstić information content (AvgIpc) is 2.99. The van der Waals surface area contributed by atoms with Gasteiger partial charge in [0, 0.05) is 50.1 Å².